The van der Waals surface area contributed by atoms with E-state index < -0.39 is 10.0 Å². The monoisotopic (exact) mass is 438 g/mol. The second kappa shape index (κ2) is 8.79. The van der Waals surface area contributed by atoms with Crippen molar-refractivity contribution < 1.29 is 13.2 Å². The summed E-state index contributed by atoms with van der Waals surface area (Å²) >= 11 is 3.25. The Kier molecular flexibility index (Phi) is 6.97. The van der Waals surface area contributed by atoms with Crippen molar-refractivity contribution in [3.8, 4) is 0 Å². The first-order chi connectivity index (χ1) is 12.2. The van der Waals surface area contributed by atoms with Crippen LogP contribution in [0, 0.1) is 0 Å². The van der Waals surface area contributed by atoms with Crippen LogP contribution in [0.2, 0.25) is 0 Å². The Hall–Kier alpha value is -1.70. The lowest BCUT2D eigenvalue weighted by Gasteiger charge is -2.16. The van der Waals surface area contributed by atoms with Gasteiger partial charge in [0, 0.05) is 30.2 Å². The first-order valence-electron chi connectivity index (χ1n) is 8.28. The van der Waals surface area contributed by atoms with Gasteiger partial charge in [-0.1, -0.05) is 30.3 Å². The van der Waals surface area contributed by atoms with Gasteiger partial charge in [0.1, 0.15) is 0 Å². The average molecular weight is 439 g/mol. The molecule has 1 atom stereocenters. The molecule has 0 bridgehead atoms. The molecule has 0 saturated carbocycles. The maximum Gasteiger partial charge on any atom is 0.251 e. The summed E-state index contributed by atoms with van der Waals surface area (Å²) < 4.78 is 26.3. The Morgan fingerprint density at radius 1 is 1.15 bits per heavy atom. The molecule has 140 valence electrons. The number of aryl methyl sites for hydroxylation is 1. The van der Waals surface area contributed by atoms with E-state index in [-0.39, 0.29) is 16.8 Å². The number of hydrogen-bond acceptors (Lipinski definition) is 3. The standard InChI is InChI=1S/C19H23BrN2O3S/c1-14(9-10-15-7-5-4-6-8-15)21-19(23)16-11-12-17(20)18(13-16)26(24,25)22(2)3/h4-8,11-14H,9-10H2,1-3H3,(H,21,23). The molecule has 2 aromatic rings. The number of sulfonamides is 1. The van der Waals surface area contributed by atoms with E-state index >= 15 is 0 Å². The van der Waals surface area contributed by atoms with Crippen molar-refractivity contribution >= 4 is 31.9 Å². The van der Waals surface area contributed by atoms with Gasteiger partial charge >= 0.3 is 0 Å². The van der Waals surface area contributed by atoms with Crippen molar-refractivity contribution in [3.05, 3.63) is 64.1 Å². The molecule has 0 fully saturated rings. The number of carbonyl (C=O) groups excluding carboxylic acids is 1. The van der Waals surface area contributed by atoms with Crippen molar-refractivity contribution in [2.75, 3.05) is 14.1 Å². The van der Waals surface area contributed by atoms with Crippen molar-refractivity contribution in [1.29, 1.82) is 0 Å². The van der Waals surface area contributed by atoms with Crippen LogP contribution < -0.4 is 5.32 Å². The van der Waals surface area contributed by atoms with E-state index in [0.29, 0.717) is 10.0 Å². The fourth-order valence-electron chi connectivity index (χ4n) is 2.45. The Balaban J connectivity index is 2.07. The third-order valence-corrected chi connectivity index (χ3v) is 6.85. The Morgan fingerprint density at radius 3 is 2.42 bits per heavy atom. The van der Waals surface area contributed by atoms with E-state index in [1.54, 1.807) is 12.1 Å². The molecule has 0 heterocycles. The lowest BCUT2D eigenvalue weighted by Crippen LogP contribution is -2.33. The molecule has 2 aromatic carbocycles. The minimum absolute atomic E-state index is 0.0275. The van der Waals surface area contributed by atoms with E-state index in [4.69, 9.17) is 0 Å². The molecule has 2 rings (SSSR count). The summed E-state index contributed by atoms with van der Waals surface area (Å²) in [6.45, 7) is 1.94. The second-order valence-electron chi connectivity index (χ2n) is 6.33. The van der Waals surface area contributed by atoms with Gasteiger partial charge in [0.25, 0.3) is 5.91 Å². The molecule has 0 spiro atoms. The highest BCUT2D eigenvalue weighted by Gasteiger charge is 2.22. The summed E-state index contributed by atoms with van der Waals surface area (Å²) in [4.78, 5) is 12.6. The molecule has 0 aromatic heterocycles. The number of hydrogen-bond donors (Lipinski definition) is 1. The molecule has 1 N–H and O–H groups in total. The minimum Gasteiger partial charge on any atom is -0.350 e. The van der Waals surface area contributed by atoms with Gasteiger partial charge in [0.2, 0.25) is 10.0 Å². The van der Waals surface area contributed by atoms with Gasteiger partial charge in [0.05, 0.1) is 4.90 Å². The van der Waals surface area contributed by atoms with Crippen molar-refractivity contribution in [1.82, 2.24) is 9.62 Å². The highest BCUT2D eigenvalue weighted by atomic mass is 79.9. The van der Waals surface area contributed by atoms with Gasteiger partial charge in [-0.3, -0.25) is 4.79 Å². The highest BCUT2D eigenvalue weighted by molar-refractivity contribution is 9.10. The molecule has 5 nitrogen and oxygen atoms in total. The minimum atomic E-state index is -3.63. The van der Waals surface area contributed by atoms with E-state index in [2.05, 4.69) is 33.4 Å². The zero-order chi connectivity index (χ0) is 19.3. The molecular formula is C19H23BrN2O3S. The molecule has 26 heavy (non-hydrogen) atoms. The first kappa shape index (κ1) is 20.6. The lowest BCUT2D eigenvalue weighted by molar-refractivity contribution is 0.0938. The van der Waals surface area contributed by atoms with E-state index in [1.807, 2.05) is 25.1 Å². The smallest absolute Gasteiger partial charge is 0.251 e. The molecule has 1 unspecified atom stereocenters. The van der Waals surface area contributed by atoms with E-state index in [1.165, 1.54) is 25.7 Å². The molecule has 7 heteroatoms. The summed E-state index contributed by atoms with van der Waals surface area (Å²) in [5.74, 6) is -0.284. The maximum atomic E-state index is 12.5. The van der Waals surface area contributed by atoms with Crippen LogP contribution in [0.25, 0.3) is 0 Å². The van der Waals surface area contributed by atoms with Gasteiger partial charge in [-0.2, -0.15) is 0 Å². The third-order valence-electron chi connectivity index (χ3n) is 4.04. The first-order valence-corrected chi connectivity index (χ1v) is 10.5. The van der Waals surface area contributed by atoms with Crippen LogP contribution >= 0.6 is 15.9 Å². The Bertz CT molecular complexity index is 868. The third kappa shape index (κ3) is 5.16. The number of carbonyl (C=O) groups is 1. The van der Waals surface area contributed by atoms with Gasteiger partial charge in [-0.15, -0.1) is 0 Å². The SMILES string of the molecule is CC(CCc1ccccc1)NC(=O)c1ccc(Br)c(S(=O)(=O)N(C)C)c1. The van der Waals surface area contributed by atoms with Crippen LogP contribution in [0.3, 0.4) is 0 Å². The molecule has 1 amide bonds. The largest absolute Gasteiger partial charge is 0.350 e. The predicted octanol–water partition coefficient (Wildman–Crippen LogP) is 3.45. The van der Waals surface area contributed by atoms with Crippen LogP contribution in [0.5, 0.6) is 0 Å². The van der Waals surface area contributed by atoms with Crippen molar-refractivity contribution in [3.63, 3.8) is 0 Å². The number of amides is 1. The number of nitrogens with zero attached hydrogens (tertiary/aromatic N) is 1. The summed E-state index contributed by atoms with van der Waals surface area (Å²) in [7, 11) is -0.715. The maximum absolute atomic E-state index is 12.5. The zero-order valence-corrected chi connectivity index (χ0v) is 17.5. The molecule has 0 aliphatic carbocycles. The topological polar surface area (TPSA) is 66.5 Å². The van der Waals surface area contributed by atoms with Crippen LogP contribution in [0.15, 0.2) is 57.9 Å². The van der Waals surface area contributed by atoms with E-state index in [0.717, 1.165) is 17.1 Å². The molecule has 0 aliphatic heterocycles. The average Bonchev–Trinajstić information content (AvgIpc) is 2.60. The lowest BCUT2D eigenvalue weighted by atomic mass is 10.1. The van der Waals surface area contributed by atoms with Gasteiger partial charge in [0.15, 0.2) is 0 Å². The second-order valence-corrected chi connectivity index (χ2v) is 9.31. The molecule has 0 radical (unpaired) electrons. The van der Waals surface area contributed by atoms with Gasteiger partial charge in [-0.05, 0) is 59.5 Å². The number of benzene rings is 2. The predicted molar refractivity (Wildman–Crippen MR) is 107 cm³/mol. The van der Waals surface area contributed by atoms with Crippen molar-refractivity contribution in [2.45, 2.75) is 30.7 Å². The van der Waals surface area contributed by atoms with Crippen LogP contribution in [0.4, 0.5) is 0 Å². The number of rotatable bonds is 7. The molecule has 0 saturated heterocycles. The zero-order valence-electron chi connectivity index (χ0n) is 15.1. The number of nitrogens with one attached hydrogen (secondary N) is 1. The summed E-state index contributed by atoms with van der Waals surface area (Å²) in [6.07, 6.45) is 1.66. The summed E-state index contributed by atoms with van der Waals surface area (Å²) in [5.41, 5.74) is 1.54. The van der Waals surface area contributed by atoms with Crippen molar-refractivity contribution in [2.24, 2.45) is 0 Å². The fraction of sp³-hybridized carbons (Fsp3) is 0.316. The quantitative estimate of drug-likeness (QED) is 0.719. The number of halogens is 1. The highest BCUT2D eigenvalue weighted by Crippen LogP contribution is 2.25. The van der Waals surface area contributed by atoms with Gasteiger partial charge in [-0.25, -0.2) is 12.7 Å². The van der Waals surface area contributed by atoms with Crippen LogP contribution in [0.1, 0.15) is 29.3 Å². The normalized spacial score (nSPS) is 12.8. The van der Waals surface area contributed by atoms with Crippen LogP contribution in [-0.2, 0) is 16.4 Å². The molecular weight excluding hydrogens is 416 g/mol. The summed E-state index contributed by atoms with van der Waals surface area (Å²) in [6, 6.07) is 14.6. The van der Waals surface area contributed by atoms with Gasteiger partial charge < -0.3 is 5.32 Å². The Morgan fingerprint density at radius 2 is 1.81 bits per heavy atom. The van der Waals surface area contributed by atoms with Crippen LogP contribution in [-0.4, -0.2) is 38.8 Å². The van der Waals surface area contributed by atoms with E-state index in [9.17, 15) is 13.2 Å². The fourth-order valence-corrected chi connectivity index (χ4v) is 4.29. The summed E-state index contributed by atoms with van der Waals surface area (Å²) in [5, 5.41) is 2.93. The Labute approximate surface area is 163 Å². The molecule has 0 aliphatic rings.